The van der Waals surface area contributed by atoms with E-state index in [0.29, 0.717) is 18.8 Å². The number of aromatic nitrogens is 2. The maximum absolute atomic E-state index is 12.2. The fourth-order valence-electron chi connectivity index (χ4n) is 2.67. The smallest absolute Gasteiger partial charge is 0.410 e. The summed E-state index contributed by atoms with van der Waals surface area (Å²) in [5, 5.41) is 9.58. The van der Waals surface area contributed by atoms with E-state index in [2.05, 4.69) is 9.97 Å². The van der Waals surface area contributed by atoms with Crippen LogP contribution in [0.4, 0.5) is 4.79 Å². The summed E-state index contributed by atoms with van der Waals surface area (Å²) in [5.74, 6) is -0.973. The second-order valence-electron chi connectivity index (χ2n) is 6.82. The summed E-state index contributed by atoms with van der Waals surface area (Å²) in [6.07, 6.45) is 4.30. The summed E-state index contributed by atoms with van der Waals surface area (Å²) in [4.78, 5) is 35.5. The van der Waals surface area contributed by atoms with E-state index in [-0.39, 0.29) is 12.6 Å². The van der Waals surface area contributed by atoms with Crippen molar-refractivity contribution in [3.8, 4) is 0 Å². The SMILES string of the molecule is C[C@@H](c1cnccn1)N1CCN(C(=O)OC(C)(C)C)C[C@H]1C(=O)O. The third-order valence-electron chi connectivity index (χ3n) is 3.87. The first-order chi connectivity index (χ1) is 11.2. The molecule has 1 amide bonds. The first-order valence-electron chi connectivity index (χ1n) is 7.91. The van der Waals surface area contributed by atoms with Crippen LogP contribution >= 0.6 is 0 Å². The Kier molecular flexibility index (Phi) is 5.38. The van der Waals surface area contributed by atoms with Crippen LogP contribution in [0.2, 0.25) is 0 Å². The highest BCUT2D eigenvalue weighted by molar-refractivity contribution is 5.76. The Morgan fingerprint density at radius 1 is 1.33 bits per heavy atom. The van der Waals surface area contributed by atoms with Gasteiger partial charge in [0, 0.05) is 31.7 Å². The minimum Gasteiger partial charge on any atom is -0.480 e. The molecule has 0 unspecified atom stereocenters. The molecule has 0 aliphatic carbocycles. The third kappa shape index (κ3) is 4.41. The van der Waals surface area contributed by atoms with E-state index in [1.165, 1.54) is 4.90 Å². The van der Waals surface area contributed by atoms with E-state index in [9.17, 15) is 14.7 Å². The molecule has 8 heteroatoms. The number of rotatable bonds is 3. The first-order valence-corrected chi connectivity index (χ1v) is 7.91. The number of carbonyl (C=O) groups is 2. The van der Waals surface area contributed by atoms with Crippen LogP contribution in [0.3, 0.4) is 0 Å². The normalized spacial score (nSPS) is 20.5. The lowest BCUT2D eigenvalue weighted by atomic mass is 10.1. The van der Waals surface area contributed by atoms with Crippen LogP contribution in [-0.2, 0) is 9.53 Å². The van der Waals surface area contributed by atoms with Crippen LogP contribution in [0.15, 0.2) is 18.6 Å². The van der Waals surface area contributed by atoms with Crippen molar-refractivity contribution in [1.29, 1.82) is 0 Å². The van der Waals surface area contributed by atoms with Gasteiger partial charge in [-0.3, -0.25) is 19.7 Å². The molecule has 2 heterocycles. The zero-order valence-corrected chi connectivity index (χ0v) is 14.5. The lowest BCUT2D eigenvalue weighted by Crippen LogP contribution is -2.58. The van der Waals surface area contributed by atoms with Gasteiger partial charge < -0.3 is 14.7 Å². The predicted octanol–water partition coefficient (Wildman–Crippen LogP) is 1.54. The number of hydrogen-bond donors (Lipinski definition) is 1. The molecule has 2 atom stereocenters. The molecule has 0 spiro atoms. The fraction of sp³-hybridized carbons (Fsp3) is 0.625. The molecule has 0 aromatic carbocycles. The van der Waals surface area contributed by atoms with Crippen LogP contribution in [0, 0.1) is 0 Å². The van der Waals surface area contributed by atoms with E-state index in [0.717, 1.165) is 0 Å². The van der Waals surface area contributed by atoms with E-state index in [4.69, 9.17) is 4.74 Å². The van der Waals surface area contributed by atoms with Crippen LogP contribution in [0.25, 0.3) is 0 Å². The van der Waals surface area contributed by atoms with E-state index in [1.807, 2.05) is 11.8 Å². The summed E-state index contributed by atoms with van der Waals surface area (Å²) in [5.41, 5.74) is 0.0920. The molecule has 0 radical (unpaired) electrons. The van der Waals surface area contributed by atoms with Gasteiger partial charge >= 0.3 is 12.1 Å². The number of carbonyl (C=O) groups excluding carboxylic acids is 1. The molecule has 1 aromatic heterocycles. The molecule has 1 aliphatic heterocycles. The highest BCUT2D eigenvalue weighted by Gasteiger charge is 2.38. The number of carboxylic acids is 1. The predicted molar refractivity (Wildman–Crippen MR) is 86.4 cm³/mol. The number of hydrogen-bond acceptors (Lipinski definition) is 6. The molecule has 0 bridgehead atoms. The average Bonchev–Trinajstić information content (AvgIpc) is 2.52. The third-order valence-corrected chi connectivity index (χ3v) is 3.87. The molecular formula is C16H24N4O4. The Bertz CT molecular complexity index is 587. The van der Waals surface area contributed by atoms with Crippen molar-refractivity contribution < 1.29 is 19.4 Å². The van der Waals surface area contributed by atoms with Gasteiger partial charge in [0.1, 0.15) is 11.6 Å². The molecule has 1 aliphatic rings. The molecule has 132 valence electrons. The summed E-state index contributed by atoms with van der Waals surface area (Å²) < 4.78 is 5.34. The maximum atomic E-state index is 12.2. The summed E-state index contributed by atoms with van der Waals surface area (Å²) in [6.45, 7) is 8.15. The highest BCUT2D eigenvalue weighted by atomic mass is 16.6. The topological polar surface area (TPSA) is 95.9 Å². The minimum absolute atomic E-state index is 0.0782. The zero-order valence-electron chi connectivity index (χ0n) is 14.5. The van der Waals surface area contributed by atoms with Crippen LogP contribution in [0.5, 0.6) is 0 Å². The minimum atomic E-state index is -0.973. The van der Waals surface area contributed by atoms with Crippen LogP contribution < -0.4 is 0 Å². The summed E-state index contributed by atoms with van der Waals surface area (Å²) in [6, 6.07) is -1.02. The van der Waals surface area contributed by atoms with Crippen molar-refractivity contribution in [1.82, 2.24) is 19.8 Å². The Hall–Kier alpha value is -2.22. The van der Waals surface area contributed by atoms with Crippen LogP contribution in [0.1, 0.15) is 39.4 Å². The lowest BCUT2D eigenvalue weighted by molar-refractivity contribution is -0.147. The maximum Gasteiger partial charge on any atom is 0.410 e. The first kappa shape index (κ1) is 18.1. The number of nitrogens with zero attached hydrogens (tertiary/aromatic N) is 4. The number of ether oxygens (including phenoxy) is 1. The molecule has 1 aromatic rings. The number of amides is 1. The summed E-state index contributed by atoms with van der Waals surface area (Å²) >= 11 is 0. The van der Waals surface area contributed by atoms with Gasteiger partial charge in [0.15, 0.2) is 0 Å². The molecule has 1 saturated heterocycles. The molecule has 1 fully saturated rings. The van der Waals surface area contributed by atoms with Gasteiger partial charge in [-0.25, -0.2) is 4.79 Å². The van der Waals surface area contributed by atoms with Crippen molar-refractivity contribution in [3.05, 3.63) is 24.3 Å². The second-order valence-corrected chi connectivity index (χ2v) is 6.82. The number of piperazine rings is 1. The highest BCUT2D eigenvalue weighted by Crippen LogP contribution is 2.24. The number of carboxylic acid groups (broad SMARTS) is 1. The van der Waals surface area contributed by atoms with Gasteiger partial charge in [-0.2, -0.15) is 0 Å². The van der Waals surface area contributed by atoms with Gasteiger partial charge in [-0.1, -0.05) is 0 Å². The molecule has 1 N–H and O–H groups in total. The lowest BCUT2D eigenvalue weighted by Gasteiger charge is -2.42. The Labute approximate surface area is 141 Å². The molecule has 24 heavy (non-hydrogen) atoms. The Balaban J connectivity index is 2.11. The standard InChI is InChI=1S/C16H24N4O4/c1-11(12-9-17-5-6-18-12)20-8-7-19(10-13(20)14(21)22)15(23)24-16(2,3)4/h5-6,9,11,13H,7-8,10H2,1-4H3,(H,21,22)/t11-,13-/m0/s1. The van der Waals surface area contributed by atoms with Gasteiger partial charge in [0.2, 0.25) is 0 Å². The summed E-state index contributed by atoms with van der Waals surface area (Å²) in [7, 11) is 0. The van der Waals surface area contributed by atoms with Gasteiger partial charge in [-0.05, 0) is 27.7 Å². The second kappa shape index (κ2) is 7.12. The number of aliphatic carboxylic acids is 1. The molecular weight excluding hydrogens is 312 g/mol. The van der Waals surface area contributed by atoms with Crippen molar-refractivity contribution in [2.24, 2.45) is 0 Å². The van der Waals surface area contributed by atoms with Gasteiger partial charge in [0.25, 0.3) is 0 Å². The average molecular weight is 336 g/mol. The quantitative estimate of drug-likeness (QED) is 0.894. The monoisotopic (exact) mass is 336 g/mol. The van der Waals surface area contributed by atoms with E-state index in [1.54, 1.807) is 39.4 Å². The van der Waals surface area contributed by atoms with Gasteiger partial charge in [0.05, 0.1) is 18.3 Å². The van der Waals surface area contributed by atoms with Crippen LogP contribution in [-0.4, -0.2) is 68.2 Å². The molecule has 0 saturated carbocycles. The van der Waals surface area contributed by atoms with Crippen molar-refractivity contribution >= 4 is 12.1 Å². The van der Waals surface area contributed by atoms with Crippen molar-refractivity contribution in [2.75, 3.05) is 19.6 Å². The largest absolute Gasteiger partial charge is 0.480 e. The van der Waals surface area contributed by atoms with Gasteiger partial charge in [-0.15, -0.1) is 0 Å². The Morgan fingerprint density at radius 3 is 2.58 bits per heavy atom. The van der Waals surface area contributed by atoms with E-state index >= 15 is 0 Å². The molecule has 8 nitrogen and oxygen atoms in total. The van der Waals surface area contributed by atoms with E-state index < -0.39 is 23.7 Å². The zero-order chi connectivity index (χ0) is 17.9. The van der Waals surface area contributed by atoms with Crippen molar-refractivity contribution in [3.63, 3.8) is 0 Å². The fourth-order valence-corrected chi connectivity index (χ4v) is 2.67. The Morgan fingerprint density at radius 2 is 2.04 bits per heavy atom. The molecule has 2 rings (SSSR count). The van der Waals surface area contributed by atoms with Crippen molar-refractivity contribution in [2.45, 2.75) is 45.4 Å².